The monoisotopic (exact) mass is 644 g/mol. The Hall–Kier alpha value is -2.78. The highest BCUT2D eigenvalue weighted by Crippen LogP contribution is 2.37. The second-order valence-electron chi connectivity index (χ2n) is 10.6. The van der Waals surface area contributed by atoms with Gasteiger partial charge >= 0.3 is 0 Å². The fraction of sp³-hybridized carbons (Fsp3) is 0.464. The number of rotatable bonds is 7. The molecule has 0 spiro atoms. The summed E-state index contributed by atoms with van der Waals surface area (Å²) in [4.78, 5) is 15.8. The van der Waals surface area contributed by atoms with E-state index in [1.807, 2.05) is 0 Å². The first-order valence-corrected chi connectivity index (χ1v) is 14.3. The summed E-state index contributed by atoms with van der Waals surface area (Å²) in [5.74, 6) is -5.16. The number of ether oxygens (including phenoxy) is 2. The topological polar surface area (TPSA) is 130 Å². The fourth-order valence-corrected chi connectivity index (χ4v) is 6.32. The normalized spacial score (nSPS) is 27.7. The van der Waals surface area contributed by atoms with E-state index in [4.69, 9.17) is 32.7 Å². The van der Waals surface area contributed by atoms with Crippen molar-refractivity contribution >= 4 is 34.8 Å². The number of hydrogen-bond acceptors (Lipinski definition) is 8. The van der Waals surface area contributed by atoms with E-state index < -0.39 is 72.6 Å². The summed E-state index contributed by atoms with van der Waals surface area (Å²) < 4.78 is 54.1. The van der Waals surface area contributed by atoms with E-state index in [9.17, 15) is 33.3 Å². The van der Waals surface area contributed by atoms with Crippen LogP contribution in [-0.4, -0.2) is 86.5 Å². The van der Waals surface area contributed by atoms with Gasteiger partial charge in [-0.15, -0.1) is 5.10 Å². The molecule has 232 valence electrons. The Morgan fingerprint density at radius 1 is 1.09 bits per heavy atom. The van der Waals surface area contributed by atoms with Crippen molar-refractivity contribution in [1.82, 2.24) is 15.0 Å². The number of halogens is 5. The Labute approximate surface area is 254 Å². The average molecular weight is 645 g/mol. The van der Waals surface area contributed by atoms with Gasteiger partial charge in [-0.1, -0.05) is 41.3 Å². The Morgan fingerprint density at radius 3 is 2.35 bits per heavy atom. The minimum Gasteiger partial charge on any atom is -0.394 e. The summed E-state index contributed by atoms with van der Waals surface area (Å²) in [6, 6.07) is 4.17. The number of carbonyl (C=O) groups excluding carboxylic acids is 1. The maximum atomic E-state index is 14.4. The molecule has 1 aliphatic carbocycles. The molecule has 2 aromatic carbocycles. The molecule has 1 aliphatic heterocycles. The highest BCUT2D eigenvalue weighted by Gasteiger charge is 2.52. The van der Waals surface area contributed by atoms with Crippen molar-refractivity contribution in [3.63, 3.8) is 0 Å². The van der Waals surface area contributed by atoms with E-state index in [1.54, 1.807) is 0 Å². The zero-order valence-electron chi connectivity index (χ0n) is 22.8. The average Bonchev–Trinajstić information content (AvgIpc) is 3.45. The van der Waals surface area contributed by atoms with Gasteiger partial charge in [-0.2, -0.15) is 0 Å². The summed E-state index contributed by atoms with van der Waals surface area (Å²) >= 11 is 12.5. The molecule has 0 radical (unpaired) electrons. The van der Waals surface area contributed by atoms with Crippen LogP contribution in [-0.2, 0) is 14.3 Å². The van der Waals surface area contributed by atoms with Gasteiger partial charge in [-0.25, -0.2) is 17.9 Å². The Bertz CT molecular complexity index is 1440. The number of aliphatic hydroxyl groups excluding tert-OH is 3. The predicted molar refractivity (Wildman–Crippen MR) is 149 cm³/mol. The Kier molecular flexibility index (Phi) is 9.61. The van der Waals surface area contributed by atoms with Crippen molar-refractivity contribution < 1.29 is 42.8 Å². The molecular formula is C28H29Cl2F3N4O6. The maximum Gasteiger partial charge on any atom is 0.259 e. The number of aromatic nitrogens is 3. The van der Waals surface area contributed by atoms with Gasteiger partial charge in [0.15, 0.2) is 23.6 Å². The van der Waals surface area contributed by atoms with Gasteiger partial charge in [-0.05, 0) is 43.2 Å². The fourth-order valence-electron chi connectivity index (χ4n) is 5.81. The van der Waals surface area contributed by atoms with Gasteiger partial charge in [0.2, 0.25) is 0 Å². The maximum absolute atomic E-state index is 14.4. The summed E-state index contributed by atoms with van der Waals surface area (Å²) in [7, 11) is 1.28. The van der Waals surface area contributed by atoms with Gasteiger partial charge in [0.1, 0.15) is 30.0 Å². The molecule has 3 aromatic rings. The number of carbonyl (C=O) groups is 1. The molecule has 15 heteroatoms. The summed E-state index contributed by atoms with van der Waals surface area (Å²) in [5.41, 5.74) is 0.119. The van der Waals surface area contributed by atoms with Crippen molar-refractivity contribution in [3.8, 4) is 11.3 Å². The quantitative estimate of drug-likeness (QED) is 0.332. The third-order valence-corrected chi connectivity index (χ3v) is 8.30. The van der Waals surface area contributed by atoms with Crippen LogP contribution in [0, 0.1) is 17.5 Å². The zero-order chi connectivity index (χ0) is 31.0. The van der Waals surface area contributed by atoms with E-state index in [0.717, 1.165) is 29.7 Å². The van der Waals surface area contributed by atoms with Crippen LogP contribution < -0.4 is 4.90 Å². The van der Waals surface area contributed by atoms with Crippen molar-refractivity contribution in [2.75, 3.05) is 18.6 Å². The van der Waals surface area contributed by atoms with Gasteiger partial charge in [-0.3, -0.25) is 4.79 Å². The molecule has 5 unspecified atom stereocenters. The number of hydrogen-bond donors (Lipinski definition) is 3. The van der Waals surface area contributed by atoms with Gasteiger partial charge < -0.3 is 29.7 Å². The number of nitrogens with zero attached hydrogens (tertiary/aromatic N) is 4. The standard InChI is InChI=1S/C28H29Cl2F3N4O6/c1-42-26-24(36-11-19(34-35-36)13-6-17(31)23(33)18(32)7-13)25(40)22(12-38)43-27(26)28(41)37(20-4-2-3-5-21(20)39)16-9-14(29)8-15(30)10-16/h6-11,20-22,24-27,38-40H,2-5,12H2,1H3/t20-,21-,22?,24?,25?,26?,27?/m0/s1. The van der Waals surface area contributed by atoms with E-state index in [-0.39, 0.29) is 21.3 Å². The molecule has 7 atom stereocenters. The van der Waals surface area contributed by atoms with Gasteiger partial charge in [0, 0.05) is 28.4 Å². The molecule has 2 heterocycles. The minimum atomic E-state index is -1.64. The van der Waals surface area contributed by atoms with Crippen LogP contribution in [0.4, 0.5) is 18.9 Å². The molecule has 1 saturated carbocycles. The number of anilines is 1. The van der Waals surface area contributed by atoms with Crippen LogP contribution in [0.1, 0.15) is 31.7 Å². The van der Waals surface area contributed by atoms with E-state index in [2.05, 4.69) is 10.3 Å². The van der Waals surface area contributed by atoms with Crippen molar-refractivity contribution in [2.45, 2.75) is 68.3 Å². The summed E-state index contributed by atoms with van der Waals surface area (Å²) in [6.45, 7) is -0.692. The largest absolute Gasteiger partial charge is 0.394 e. The predicted octanol–water partition coefficient (Wildman–Crippen LogP) is 3.68. The first-order valence-electron chi connectivity index (χ1n) is 13.5. The Morgan fingerprint density at radius 2 is 1.74 bits per heavy atom. The lowest BCUT2D eigenvalue weighted by molar-refractivity contribution is -0.211. The lowest BCUT2D eigenvalue weighted by Crippen LogP contribution is -2.63. The molecule has 0 bridgehead atoms. The summed E-state index contributed by atoms with van der Waals surface area (Å²) in [5, 5.41) is 40.6. The second-order valence-corrected chi connectivity index (χ2v) is 11.4. The number of benzene rings is 2. The van der Waals surface area contributed by atoms with Crippen LogP contribution in [0.15, 0.2) is 36.5 Å². The molecule has 2 fully saturated rings. The van der Waals surface area contributed by atoms with E-state index in [0.29, 0.717) is 18.5 Å². The molecule has 1 saturated heterocycles. The number of aliphatic hydroxyl groups is 3. The smallest absolute Gasteiger partial charge is 0.259 e. The van der Waals surface area contributed by atoms with Crippen LogP contribution >= 0.6 is 23.2 Å². The Balaban J connectivity index is 1.55. The number of amides is 1. The summed E-state index contributed by atoms with van der Waals surface area (Å²) in [6.07, 6.45) is -2.65. The van der Waals surface area contributed by atoms with Gasteiger partial charge in [0.25, 0.3) is 5.91 Å². The van der Waals surface area contributed by atoms with E-state index >= 15 is 0 Å². The molecule has 43 heavy (non-hydrogen) atoms. The lowest BCUT2D eigenvalue weighted by Gasteiger charge is -2.46. The molecular weight excluding hydrogens is 616 g/mol. The first kappa shape index (κ1) is 31.6. The highest BCUT2D eigenvalue weighted by atomic mass is 35.5. The third kappa shape index (κ3) is 6.25. The van der Waals surface area contributed by atoms with E-state index in [1.165, 1.54) is 36.4 Å². The molecule has 3 N–H and O–H groups in total. The van der Waals surface area contributed by atoms with Crippen molar-refractivity contribution in [2.24, 2.45) is 0 Å². The van der Waals surface area contributed by atoms with Crippen molar-refractivity contribution in [3.05, 3.63) is 64.0 Å². The van der Waals surface area contributed by atoms with Gasteiger partial charge in [0.05, 0.1) is 24.9 Å². The minimum absolute atomic E-state index is 0.0599. The van der Waals surface area contributed by atoms with Crippen LogP contribution in [0.2, 0.25) is 10.0 Å². The molecule has 1 aromatic heterocycles. The molecule has 2 aliphatic rings. The zero-order valence-corrected chi connectivity index (χ0v) is 24.3. The first-order chi connectivity index (χ1) is 20.5. The van der Waals surface area contributed by atoms with Crippen molar-refractivity contribution in [1.29, 1.82) is 0 Å². The van der Waals surface area contributed by atoms with Crippen LogP contribution in [0.3, 0.4) is 0 Å². The van der Waals surface area contributed by atoms with Crippen LogP contribution in [0.25, 0.3) is 11.3 Å². The molecule has 1 amide bonds. The number of methoxy groups -OCH3 is 1. The molecule has 10 nitrogen and oxygen atoms in total. The lowest BCUT2D eigenvalue weighted by atomic mass is 9.88. The highest BCUT2D eigenvalue weighted by molar-refractivity contribution is 6.35. The SMILES string of the molecule is COC1C(C(=O)N(c2cc(Cl)cc(Cl)c2)[C@H]2CCCC[C@@H]2O)OC(CO)C(O)C1n1cc(-c2cc(F)c(F)c(F)c2)nn1. The molecule has 5 rings (SSSR count). The second kappa shape index (κ2) is 13.1. The third-order valence-electron chi connectivity index (χ3n) is 7.87. The van der Waals surface area contributed by atoms with Crippen LogP contribution in [0.5, 0.6) is 0 Å².